The fraction of sp³-hybridized carbons (Fsp3) is 0.538. The van der Waals surface area contributed by atoms with E-state index in [1.165, 1.54) is 9.91 Å². The Kier molecular flexibility index (Phi) is 14.0. The monoisotopic (exact) mass is 933 g/mol. The third kappa shape index (κ3) is 9.72. The molecule has 4 amide bonds. The fourth-order valence-corrected chi connectivity index (χ4v) is 10.6. The number of rotatable bonds is 10. The van der Waals surface area contributed by atoms with E-state index in [1.54, 1.807) is 37.4 Å². The number of fused-ring (bicyclic) bond motifs is 6. The predicted molar refractivity (Wildman–Crippen MR) is 258 cm³/mol. The number of hydrogen-bond acceptors (Lipinski definition) is 11. The van der Waals surface area contributed by atoms with Crippen molar-refractivity contribution in [3.05, 3.63) is 71.5 Å². The maximum atomic E-state index is 14.8. The second-order valence-corrected chi connectivity index (χ2v) is 20.3. The molecule has 4 N–H and O–H groups in total. The first-order chi connectivity index (χ1) is 32.4. The van der Waals surface area contributed by atoms with Gasteiger partial charge in [0.15, 0.2) is 0 Å². The van der Waals surface area contributed by atoms with Gasteiger partial charge in [-0.25, -0.2) is 5.43 Å². The molecule has 6 bridgehead atoms. The molecular weight excluding hydrogens is 865 g/mol. The van der Waals surface area contributed by atoms with Crippen molar-refractivity contribution in [3.63, 3.8) is 0 Å². The molecule has 68 heavy (non-hydrogen) atoms. The first-order valence-electron chi connectivity index (χ1n) is 24.2. The van der Waals surface area contributed by atoms with Crippen molar-refractivity contribution in [2.45, 2.75) is 136 Å². The van der Waals surface area contributed by atoms with Crippen LogP contribution in [0, 0.1) is 11.3 Å². The van der Waals surface area contributed by atoms with E-state index in [4.69, 9.17) is 14.5 Å². The largest absolute Gasteiger partial charge is 0.508 e. The number of ether oxygens (including phenoxy) is 2. The van der Waals surface area contributed by atoms with Gasteiger partial charge >= 0.3 is 5.97 Å². The normalized spacial score (nSPS) is 23.8. The van der Waals surface area contributed by atoms with Crippen LogP contribution in [0.1, 0.15) is 97.1 Å². The number of cyclic esters (lactones) is 1. The summed E-state index contributed by atoms with van der Waals surface area (Å²) in [5, 5.41) is 19.8. The van der Waals surface area contributed by atoms with Crippen molar-refractivity contribution in [2.75, 3.05) is 33.9 Å². The Labute approximate surface area is 399 Å². The van der Waals surface area contributed by atoms with Crippen LogP contribution in [0.15, 0.2) is 54.7 Å². The minimum Gasteiger partial charge on any atom is -0.508 e. The highest BCUT2D eigenvalue weighted by Gasteiger charge is 2.47. The lowest BCUT2D eigenvalue weighted by Crippen LogP contribution is -2.62. The summed E-state index contributed by atoms with van der Waals surface area (Å²) in [5.41, 5.74) is 9.54. The van der Waals surface area contributed by atoms with Gasteiger partial charge in [-0.3, -0.25) is 34.0 Å². The van der Waals surface area contributed by atoms with Gasteiger partial charge in [-0.1, -0.05) is 39.8 Å². The zero-order valence-electron chi connectivity index (χ0n) is 40.9. The van der Waals surface area contributed by atoms with Gasteiger partial charge in [-0.05, 0) is 117 Å². The number of pyridine rings is 1. The van der Waals surface area contributed by atoms with Crippen LogP contribution in [0.5, 0.6) is 5.75 Å². The molecule has 4 aromatic rings. The number of aromatic hydroxyl groups is 1. The summed E-state index contributed by atoms with van der Waals surface area (Å²) in [6.45, 7) is 15.5. The maximum absolute atomic E-state index is 14.8. The van der Waals surface area contributed by atoms with Gasteiger partial charge in [-0.15, -0.1) is 0 Å². The van der Waals surface area contributed by atoms with Crippen LogP contribution in [0.2, 0.25) is 0 Å². The van der Waals surface area contributed by atoms with Crippen molar-refractivity contribution in [1.82, 2.24) is 40.4 Å². The van der Waals surface area contributed by atoms with Gasteiger partial charge < -0.3 is 39.6 Å². The number of hydrazine groups is 1. The van der Waals surface area contributed by atoms with Gasteiger partial charge in [0, 0.05) is 74.3 Å². The van der Waals surface area contributed by atoms with Gasteiger partial charge in [0.05, 0.1) is 30.1 Å². The van der Waals surface area contributed by atoms with Gasteiger partial charge in [-0.2, -0.15) is 0 Å². The number of amides is 4. The fourth-order valence-electron chi connectivity index (χ4n) is 10.6. The average Bonchev–Trinajstić information content (AvgIpc) is 4.04. The molecule has 3 fully saturated rings. The Balaban J connectivity index is 1.19. The molecular formula is C52H68N8O8. The van der Waals surface area contributed by atoms with Crippen molar-refractivity contribution in [1.29, 1.82) is 0 Å². The van der Waals surface area contributed by atoms with Crippen LogP contribution in [0.25, 0.3) is 33.3 Å². The molecule has 364 valence electrons. The highest BCUT2D eigenvalue weighted by Crippen LogP contribution is 2.42. The van der Waals surface area contributed by atoms with Crippen LogP contribution < -0.4 is 16.1 Å². The highest BCUT2D eigenvalue weighted by molar-refractivity contribution is 5.97. The number of carbonyl (C=O) groups excluding carboxylic acids is 5. The number of carbonyl (C=O) groups is 5. The number of esters is 1. The number of nitrogens with one attached hydrogen (secondary N) is 3. The van der Waals surface area contributed by atoms with Gasteiger partial charge in [0.2, 0.25) is 17.7 Å². The van der Waals surface area contributed by atoms with E-state index in [-0.39, 0.29) is 61.2 Å². The summed E-state index contributed by atoms with van der Waals surface area (Å²) < 4.78 is 14.2. The lowest BCUT2D eigenvalue weighted by atomic mass is 9.84. The minimum absolute atomic E-state index is 0.0122. The number of hydrogen-bond donors (Lipinski definition) is 4. The van der Waals surface area contributed by atoms with Gasteiger partial charge in [0.1, 0.15) is 29.9 Å². The van der Waals surface area contributed by atoms with Crippen LogP contribution in [0.3, 0.4) is 0 Å². The Morgan fingerprint density at radius 1 is 1.06 bits per heavy atom. The molecule has 2 aromatic carbocycles. The van der Waals surface area contributed by atoms with E-state index in [2.05, 4.69) is 59.6 Å². The van der Waals surface area contributed by atoms with E-state index >= 15 is 0 Å². The Morgan fingerprint density at radius 2 is 1.82 bits per heavy atom. The zero-order valence-corrected chi connectivity index (χ0v) is 40.9. The van der Waals surface area contributed by atoms with E-state index < -0.39 is 47.4 Å². The molecule has 0 aliphatic carbocycles. The lowest BCUT2D eigenvalue weighted by molar-refractivity contribution is -0.155. The van der Waals surface area contributed by atoms with E-state index in [9.17, 15) is 29.1 Å². The molecule has 6 heterocycles. The predicted octanol–water partition coefficient (Wildman–Crippen LogP) is 5.29. The molecule has 4 aliphatic rings. The number of benzene rings is 2. The summed E-state index contributed by atoms with van der Waals surface area (Å²) >= 11 is 0. The molecule has 2 aromatic heterocycles. The van der Waals surface area contributed by atoms with Crippen molar-refractivity contribution in [3.8, 4) is 28.1 Å². The molecule has 7 atom stereocenters. The molecule has 0 spiro atoms. The second-order valence-electron chi connectivity index (χ2n) is 20.3. The van der Waals surface area contributed by atoms with Crippen LogP contribution in [-0.2, 0) is 52.8 Å². The van der Waals surface area contributed by atoms with E-state index in [0.717, 1.165) is 39.0 Å². The minimum atomic E-state index is -1.18. The number of phenols is 1. The number of aryl methyl sites for hydroxylation is 1. The summed E-state index contributed by atoms with van der Waals surface area (Å²) in [6.07, 6.45) is 4.11. The van der Waals surface area contributed by atoms with Crippen molar-refractivity contribution >= 4 is 40.5 Å². The quantitative estimate of drug-likeness (QED) is 0.119. The van der Waals surface area contributed by atoms with Gasteiger partial charge in [0.25, 0.3) is 5.91 Å². The molecule has 3 saturated heterocycles. The number of aromatic nitrogens is 2. The summed E-state index contributed by atoms with van der Waals surface area (Å²) in [5.74, 6) is -2.32. The Morgan fingerprint density at radius 3 is 2.53 bits per heavy atom. The SMILES string of the molecule is CCn1c(-c2cccnc2[C@H](C)OC)c2c3cc(ccc31)-c1cc(O)cc(c1)C[C@H](NC(=O)[C@H](C(C)C)N(C)C(=O)[C@H]1CC[C@@H](C)N1C(=O)[C@@H]1CN1)C(=O)N1CCC[C@H](N1)C(=O)OCC(C)(C)C2. The molecule has 16 nitrogen and oxygen atoms in total. The molecule has 0 radical (unpaired) electrons. The topological polar surface area (TPSA) is 198 Å². The smallest absolute Gasteiger partial charge is 0.324 e. The third-order valence-corrected chi connectivity index (χ3v) is 14.3. The summed E-state index contributed by atoms with van der Waals surface area (Å²) in [7, 11) is 3.26. The lowest BCUT2D eigenvalue weighted by Gasteiger charge is -2.37. The van der Waals surface area contributed by atoms with E-state index in [1.807, 2.05) is 45.9 Å². The van der Waals surface area contributed by atoms with Crippen LogP contribution >= 0.6 is 0 Å². The number of phenolic OH excluding ortho intramolecular Hbond substituents is 1. The van der Waals surface area contributed by atoms with Crippen molar-refractivity contribution in [2.24, 2.45) is 11.3 Å². The van der Waals surface area contributed by atoms with Crippen LogP contribution in [-0.4, -0.2) is 129 Å². The highest BCUT2D eigenvalue weighted by atomic mass is 16.5. The molecule has 16 heteroatoms. The number of likely N-dealkylation sites (tertiary alicyclic amines) is 1. The Bertz CT molecular complexity index is 2590. The number of nitrogens with zero attached hydrogens (tertiary/aromatic N) is 5. The standard InChI is InChI=1S/C52H68N8O8/c1-10-58-42-18-16-33-25-37(42)38(46(58)36-13-11-19-53-44(36)31(5)67-9)26-52(6,7)28-68-51(66)39-14-12-20-59(56-39)48(63)40(23-32-21-34(33)24-35(61)22-32)55-47(62)45(29(2)3)57(8)50(65)43-17-15-30(4)60(43)49(64)41-27-54-41/h11,13,16,18-19,21-22,24-25,29-31,39-41,43,45,54,56,61H,10,12,14-15,17,20,23,26-28H2,1-9H3,(H,55,62)/t30-,31+,39+,40+,41+,43-,45+/m1/s1. The molecule has 0 saturated carbocycles. The maximum Gasteiger partial charge on any atom is 0.324 e. The first-order valence-corrected chi connectivity index (χ1v) is 24.2. The van der Waals surface area contributed by atoms with E-state index in [0.29, 0.717) is 56.3 Å². The van der Waals surface area contributed by atoms with Crippen molar-refractivity contribution < 1.29 is 38.6 Å². The summed E-state index contributed by atoms with van der Waals surface area (Å²) in [6, 6.07) is 11.4. The average molecular weight is 933 g/mol. The zero-order chi connectivity index (χ0) is 48.8. The second kappa shape index (κ2) is 19.6. The van der Waals surface area contributed by atoms with Crippen LogP contribution in [0.4, 0.5) is 0 Å². The Hall–Kier alpha value is -5.84. The number of likely N-dealkylation sites (N-methyl/N-ethyl adjacent to an activating group) is 1. The molecule has 8 rings (SSSR count). The molecule has 4 aliphatic heterocycles. The first kappa shape index (κ1) is 48.6. The number of methoxy groups -OCH3 is 1. The third-order valence-electron chi connectivity index (χ3n) is 14.3. The summed E-state index contributed by atoms with van der Waals surface area (Å²) in [4.78, 5) is 78.9. The molecule has 0 unspecified atom stereocenters.